The molecule has 0 fully saturated rings. The van der Waals surface area contributed by atoms with Gasteiger partial charge in [-0.25, -0.2) is 9.78 Å². The van der Waals surface area contributed by atoms with E-state index in [-0.39, 0.29) is 16.6 Å². The third-order valence-electron chi connectivity index (χ3n) is 2.67. The highest BCUT2D eigenvalue weighted by Crippen LogP contribution is 2.25. The van der Waals surface area contributed by atoms with Gasteiger partial charge in [-0.2, -0.15) is 0 Å². The fraction of sp³-hybridized carbons (Fsp3) is 0.231. The van der Waals surface area contributed by atoms with Gasteiger partial charge in [-0.1, -0.05) is 17.7 Å². The number of aromatic carboxylic acids is 1. The first-order valence-electron chi connectivity index (χ1n) is 5.82. The molecule has 1 aromatic heterocycles. The number of anilines is 1. The van der Waals surface area contributed by atoms with Gasteiger partial charge in [0.25, 0.3) is 0 Å². The Morgan fingerprint density at radius 1 is 1.58 bits per heavy atom. The summed E-state index contributed by atoms with van der Waals surface area (Å²) in [5.74, 6) is -1.04. The number of benzene rings is 1. The number of halogens is 1. The van der Waals surface area contributed by atoms with E-state index in [1.165, 1.54) is 0 Å². The van der Waals surface area contributed by atoms with Crippen molar-refractivity contribution in [2.45, 2.75) is 19.5 Å². The molecule has 0 saturated carbocycles. The predicted octanol–water partition coefficient (Wildman–Crippen LogP) is 2.74. The van der Waals surface area contributed by atoms with Gasteiger partial charge >= 0.3 is 5.97 Å². The predicted molar refractivity (Wildman–Crippen MR) is 73.7 cm³/mol. The Hall–Kier alpha value is -2.01. The van der Waals surface area contributed by atoms with Crippen molar-refractivity contribution in [1.29, 1.82) is 0 Å². The van der Waals surface area contributed by atoms with Crippen molar-refractivity contribution >= 4 is 23.3 Å². The van der Waals surface area contributed by atoms with Crippen LogP contribution >= 0.6 is 11.6 Å². The molecule has 19 heavy (non-hydrogen) atoms. The van der Waals surface area contributed by atoms with E-state index in [1.807, 2.05) is 17.7 Å². The summed E-state index contributed by atoms with van der Waals surface area (Å²) in [5.41, 5.74) is 0.620. The van der Waals surface area contributed by atoms with E-state index in [0.29, 0.717) is 12.2 Å². The summed E-state index contributed by atoms with van der Waals surface area (Å²) >= 11 is 5.91. The molecule has 100 valence electrons. The van der Waals surface area contributed by atoms with E-state index in [1.54, 1.807) is 30.7 Å². The van der Waals surface area contributed by atoms with E-state index in [9.17, 15) is 9.90 Å². The highest BCUT2D eigenvalue weighted by Gasteiger charge is 2.15. The van der Waals surface area contributed by atoms with E-state index < -0.39 is 5.97 Å². The Morgan fingerprint density at radius 2 is 2.37 bits per heavy atom. The molecule has 2 rings (SSSR count). The van der Waals surface area contributed by atoms with Gasteiger partial charge in [0, 0.05) is 25.0 Å². The number of carbonyl (C=O) groups is 1. The Bertz CT molecular complexity index is 569. The molecular formula is C13H14ClN3O2. The summed E-state index contributed by atoms with van der Waals surface area (Å²) in [7, 11) is 0. The molecule has 5 nitrogen and oxygen atoms in total. The molecule has 2 aromatic rings. The molecule has 0 radical (unpaired) electrons. The van der Waals surface area contributed by atoms with Gasteiger partial charge in [-0.05, 0) is 19.1 Å². The Balaban J connectivity index is 2.14. The zero-order valence-electron chi connectivity index (χ0n) is 10.4. The molecule has 1 atom stereocenters. The van der Waals surface area contributed by atoms with Crippen molar-refractivity contribution < 1.29 is 9.90 Å². The zero-order valence-corrected chi connectivity index (χ0v) is 11.1. The Kier molecular flexibility index (Phi) is 4.06. The van der Waals surface area contributed by atoms with Crippen molar-refractivity contribution in [3.05, 3.63) is 47.5 Å². The molecule has 0 bridgehead atoms. The van der Waals surface area contributed by atoms with E-state index >= 15 is 0 Å². The molecule has 0 saturated heterocycles. The lowest BCUT2D eigenvalue weighted by molar-refractivity contribution is 0.0698. The largest absolute Gasteiger partial charge is 0.478 e. The minimum atomic E-state index is -1.04. The van der Waals surface area contributed by atoms with Crippen LogP contribution in [0.2, 0.25) is 5.02 Å². The molecule has 0 aliphatic rings. The number of nitrogens with zero attached hydrogens (tertiary/aromatic N) is 2. The van der Waals surface area contributed by atoms with Crippen LogP contribution in [0.3, 0.4) is 0 Å². The van der Waals surface area contributed by atoms with Crippen LogP contribution in [0.4, 0.5) is 5.69 Å². The minimum absolute atomic E-state index is 0.0470. The third-order valence-corrected chi connectivity index (χ3v) is 2.99. The molecule has 6 heteroatoms. The quantitative estimate of drug-likeness (QED) is 0.883. The van der Waals surface area contributed by atoms with Gasteiger partial charge < -0.3 is 15.0 Å². The first kappa shape index (κ1) is 13.4. The first-order chi connectivity index (χ1) is 9.08. The highest BCUT2D eigenvalue weighted by atomic mass is 35.5. The number of nitrogens with one attached hydrogen (secondary N) is 1. The molecule has 0 aliphatic heterocycles. The average molecular weight is 280 g/mol. The SMILES string of the molecule is CC(Cn1ccnc1)Nc1cccc(Cl)c1C(=O)O. The Morgan fingerprint density at radius 3 is 3.00 bits per heavy atom. The van der Waals surface area contributed by atoms with Gasteiger partial charge in [0.2, 0.25) is 0 Å². The van der Waals surface area contributed by atoms with Crippen LogP contribution in [-0.4, -0.2) is 26.7 Å². The van der Waals surface area contributed by atoms with Crippen LogP contribution in [0, 0.1) is 0 Å². The van der Waals surface area contributed by atoms with E-state index in [0.717, 1.165) is 0 Å². The molecule has 1 unspecified atom stereocenters. The lowest BCUT2D eigenvalue weighted by Gasteiger charge is -2.17. The highest BCUT2D eigenvalue weighted by molar-refractivity contribution is 6.34. The topological polar surface area (TPSA) is 67.2 Å². The molecule has 2 N–H and O–H groups in total. The smallest absolute Gasteiger partial charge is 0.339 e. The maximum Gasteiger partial charge on any atom is 0.339 e. The standard InChI is InChI=1S/C13H14ClN3O2/c1-9(7-17-6-5-15-8-17)16-11-4-2-3-10(14)12(11)13(18)19/h2-6,8-9,16H,7H2,1H3,(H,18,19). The van der Waals surface area contributed by atoms with Crippen molar-refractivity contribution in [3.8, 4) is 0 Å². The molecule has 1 heterocycles. The van der Waals surface area contributed by atoms with E-state index in [4.69, 9.17) is 11.6 Å². The second kappa shape index (κ2) is 5.75. The Labute approximate surface area is 115 Å². The van der Waals surface area contributed by atoms with Gasteiger partial charge in [-0.15, -0.1) is 0 Å². The van der Waals surface area contributed by atoms with Crippen molar-refractivity contribution in [2.24, 2.45) is 0 Å². The number of imidazole rings is 1. The van der Waals surface area contributed by atoms with Crippen LogP contribution in [0.25, 0.3) is 0 Å². The summed E-state index contributed by atoms with van der Waals surface area (Å²) in [5, 5.41) is 12.6. The number of carboxylic acid groups (broad SMARTS) is 1. The number of carboxylic acids is 1. The normalized spacial score (nSPS) is 12.1. The van der Waals surface area contributed by atoms with Gasteiger partial charge in [0.15, 0.2) is 0 Å². The number of hydrogen-bond acceptors (Lipinski definition) is 3. The fourth-order valence-corrected chi connectivity index (χ4v) is 2.14. The second-order valence-electron chi connectivity index (χ2n) is 4.27. The minimum Gasteiger partial charge on any atom is -0.478 e. The second-order valence-corrected chi connectivity index (χ2v) is 4.68. The fourth-order valence-electron chi connectivity index (χ4n) is 1.88. The number of hydrogen-bond donors (Lipinski definition) is 2. The number of aromatic nitrogens is 2. The van der Waals surface area contributed by atoms with Gasteiger partial charge in [0.05, 0.1) is 17.0 Å². The summed E-state index contributed by atoms with van der Waals surface area (Å²) in [4.78, 5) is 15.2. The molecule has 0 aliphatic carbocycles. The van der Waals surface area contributed by atoms with Gasteiger partial charge in [-0.3, -0.25) is 0 Å². The molecule has 0 amide bonds. The lowest BCUT2D eigenvalue weighted by Crippen LogP contribution is -2.22. The van der Waals surface area contributed by atoms with Crippen LogP contribution < -0.4 is 5.32 Å². The zero-order chi connectivity index (χ0) is 13.8. The maximum absolute atomic E-state index is 11.2. The van der Waals surface area contributed by atoms with Crippen LogP contribution in [0.1, 0.15) is 17.3 Å². The molecule has 1 aromatic carbocycles. The third kappa shape index (κ3) is 3.26. The first-order valence-corrected chi connectivity index (χ1v) is 6.20. The number of rotatable bonds is 5. The van der Waals surface area contributed by atoms with Crippen LogP contribution in [0.15, 0.2) is 36.9 Å². The maximum atomic E-state index is 11.2. The molecule has 0 spiro atoms. The van der Waals surface area contributed by atoms with E-state index in [2.05, 4.69) is 10.3 Å². The van der Waals surface area contributed by atoms with Crippen LogP contribution in [0.5, 0.6) is 0 Å². The van der Waals surface area contributed by atoms with Gasteiger partial charge in [0.1, 0.15) is 5.56 Å². The van der Waals surface area contributed by atoms with Crippen molar-refractivity contribution in [3.63, 3.8) is 0 Å². The lowest BCUT2D eigenvalue weighted by atomic mass is 10.1. The van der Waals surface area contributed by atoms with Crippen LogP contribution in [-0.2, 0) is 6.54 Å². The average Bonchev–Trinajstić information content (AvgIpc) is 2.81. The summed E-state index contributed by atoms with van der Waals surface area (Å²) in [6.45, 7) is 2.65. The molecular weight excluding hydrogens is 266 g/mol. The summed E-state index contributed by atoms with van der Waals surface area (Å²) in [6.07, 6.45) is 5.28. The van der Waals surface area contributed by atoms with Crippen molar-refractivity contribution in [1.82, 2.24) is 9.55 Å². The summed E-state index contributed by atoms with van der Waals surface area (Å²) < 4.78 is 1.92. The van der Waals surface area contributed by atoms with Crippen molar-refractivity contribution in [2.75, 3.05) is 5.32 Å². The monoisotopic (exact) mass is 279 g/mol. The summed E-state index contributed by atoms with van der Waals surface area (Å²) in [6, 6.07) is 5.04.